The summed E-state index contributed by atoms with van der Waals surface area (Å²) in [5, 5.41) is 0. The van der Waals surface area contributed by atoms with E-state index in [1.54, 1.807) is 0 Å². The van der Waals surface area contributed by atoms with Crippen LogP contribution in [0.3, 0.4) is 0 Å². The monoisotopic (exact) mass is 300 g/mol. The molecule has 0 spiro atoms. The summed E-state index contributed by atoms with van der Waals surface area (Å²) in [6.07, 6.45) is 7.29. The largest absolute Gasteiger partial charge is 0.300 e. The van der Waals surface area contributed by atoms with Crippen molar-refractivity contribution in [3.63, 3.8) is 0 Å². The number of piperidine rings is 1. The maximum Gasteiger partial charge on any atom is 0.0529 e. The van der Waals surface area contributed by atoms with Crippen LogP contribution < -0.4 is 0 Å². The minimum atomic E-state index is 0. The van der Waals surface area contributed by atoms with E-state index in [4.69, 9.17) is 4.99 Å². The highest BCUT2D eigenvalue weighted by molar-refractivity contribution is 5.85. The van der Waals surface area contributed by atoms with Crippen molar-refractivity contribution in [2.75, 3.05) is 7.05 Å². The Morgan fingerprint density at radius 3 is 2.21 bits per heavy atom. The van der Waals surface area contributed by atoms with Gasteiger partial charge in [0.1, 0.15) is 0 Å². The average molecular weight is 301 g/mol. The predicted octanol–water partition coefficient (Wildman–Crippen LogP) is 3.57. The third-order valence-corrected chi connectivity index (χ3v) is 4.31. The number of fused-ring (bicyclic) bond motifs is 2. The summed E-state index contributed by atoms with van der Waals surface area (Å²) in [6, 6.07) is 12.5. The molecule has 2 nitrogen and oxygen atoms in total. The first-order chi connectivity index (χ1) is 8.33. The molecule has 0 saturated carbocycles. The SMILES string of the molecule is CN1C2CCC1CC(N=Cc1ccccc1)C2.Cl.Cl. The lowest BCUT2D eigenvalue weighted by Crippen LogP contribution is -2.41. The summed E-state index contributed by atoms with van der Waals surface area (Å²) in [7, 11) is 2.28. The molecule has 4 heteroatoms. The molecule has 2 bridgehead atoms. The Labute approximate surface area is 128 Å². The second-order valence-corrected chi connectivity index (χ2v) is 5.36. The number of benzene rings is 1. The van der Waals surface area contributed by atoms with E-state index in [0.29, 0.717) is 6.04 Å². The molecule has 2 fully saturated rings. The highest BCUT2D eigenvalue weighted by atomic mass is 35.5. The molecule has 2 unspecified atom stereocenters. The highest BCUT2D eigenvalue weighted by Crippen LogP contribution is 2.35. The fourth-order valence-electron chi connectivity index (χ4n) is 3.24. The molecule has 0 aliphatic carbocycles. The van der Waals surface area contributed by atoms with Crippen LogP contribution >= 0.6 is 24.8 Å². The molecule has 2 aliphatic rings. The molecule has 19 heavy (non-hydrogen) atoms. The lowest BCUT2D eigenvalue weighted by atomic mass is 9.98. The van der Waals surface area contributed by atoms with Gasteiger partial charge in [0.25, 0.3) is 0 Å². The number of hydrogen-bond donors (Lipinski definition) is 0. The minimum absolute atomic E-state index is 0. The van der Waals surface area contributed by atoms with Crippen LogP contribution in [0.2, 0.25) is 0 Å². The lowest BCUT2D eigenvalue weighted by molar-refractivity contribution is 0.164. The van der Waals surface area contributed by atoms with Gasteiger partial charge in [0.2, 0.25) is 0 Å². The van der Waals surface area contributed by atoms with Crippen molar-refractivity contribution in [1.29, 1.82) is 0 Å². The maximum atomic E-state index is 4.78. The van der Waals surface area contributed by atoms with E-state index in [-0.39, 0.29) is 24.8 Å². The molecule has 3 rings (SSSR count). The van der Waals surface area contributed by atoms with Crippen molar-refractivity contribution in [2.45, 2.75) is 43.8 Å². The quantitative estimate of drug-likeness (QED) is 0.762. The molecule has 1 aromatic rings. The summed E-state index contributed by atoms with van der Waals surface area (Å²) in [4.78, 5) is 7.34. The molecule has 2 atom stereocenters. The van der Waals surface area contributed by atoms with Gasteiger partial charge < -0.3 is 4.90 Å². The van der Waals surface area contributed by atoms with E-state index in [0.717, 1.165) is 12.1 Å². The van der Waals surface area contributed by atoms with Gasteiger partial charge in [-0.2, -0.15) is 0 Å². The van der Waals surface area contributed by atoms with Crippen LogP contribution in [-0.2, 0) is 0 Å². The lowest BCUT2D eigenvalue weighted by Gasteiger charge is -2.34. The topological polar surface area (TPSA) is 15.6 Å². The van der Waals surface area contributed by atoms with Gasteiger partial charge in [-0.15, -0.1) is 24.8 Å². The van der Waals surface area contributed by atoms with Crippen molar-refractivity contribution in [2.24, 2.45) is 4.99 Å². The van der Waals surface area contributed by atoms with Gasteiger partial charge in [0.15, 0.2) is 0 Å². The van der Waals surface area contributed by atoms with Crippen LogP contribution in [0.25, 0.3) is 0 Å². The number of nitrogens with zero attached hydrogens (tertiary/aromatic N) is 2. The number of halogens is 2. The molecular formula is C15H22Cl2N2. The van der Waals surface area contributed by atoms with E-state index in [1.807, 2.05) is 6.07 Å². The molecule has 2 saturated heterocycles. The van der Waals surface area contributed by atoms with Crippen LogP contribution in [0.1, 0.15) is 31.2 Å². The molecule has 0 aromatic heterocycles. The minimum Gasteiger partial charge on any atom is -0.300 e. The van der Waals surface area contributed by atoms with E-state index in [2.05, 4.69) is 42.4 Å². The first-order valence-electron chi connectivity index (χ1n) is 6.63. The molecule has 0 radical (unpaired) electrons. The number of hydrogen-bond acceptors (Lipinski definition) is 2. The molecule has 2 heterocycles. The molecular weight excluding hydrogens is 279 g/mol. The predicted molar refractivity (Wildman–Crippen MR) is 86.1 cm³/mol. The fourth-order valence-corrected chi connectivity index (χ4v) is 3.24. The fraction of sp³-hybridized carbons (Fsp3) is 0.533. The Bertz CT molecular complexity index is 394. The van der Waals surface area contributed by atoms with Crippen LogP contribution in [0.5, 0.6) is 0 Å². The van der Waals surface area contributed by atoms with Crippen molar-refractivity contribution in [3.05, 3.63) is 35.9 Å². The molecule has 1 aromatic carbocycles. The van der Waals surface area contributed by atoms with Crippen LogP contribution in [0, 0.1) is 0 Å². The average Bonchev–Trinajstić information content (AvgIpc) is 2.61. The van der Waals surface area contributed by atoms with Gasteiger partial charge in [-0.25, -0.2) is 0 Å². The van der Waals surface area contributed by atoms with Crippen molar-refractivity contribution in [3.8, 4) is 0 Å². The zero-order valence-corrected chi connectivity index (χ0v) is 12.9. The third kappa shape index (κ3) is 3.71. The second kappa shape index (κ2) is 7.28. The smallest absolute Gasteiger partial charge is 0.0529 e. The van der Waals surface area contributed by atoms with Gasteiger partial charge in [-0.05, 0) is 38.3 Å². The van der Waals surface area contributed by atoms with Crippen molar-refractivity contribution >= 4 is 31.0 Å². The van der Waals surface area contributed by atoms with Gasteiger partial charge in [0.05, 0.1) is 6.04 Å². The Morgan fingerprint density at radius 2 is 1.63 bits per heavy atom. The Balaban J connectivity index is 0.000000902. The van der Waals surface area contributed by atoms with Crippen molar-refractivity contribution < 1.29 is 0 Å². The Hall–Kier alpha value is -0.570. The standard InChI is InChI=1S/C15H20N2.2ClH/c1-17-14-7-8-15(17)10-13(9-14)16-11-12-5-3-2-4-6-12;;/h2-6,11,13-15H,7-10H2,1H3;2*1H. The summed E-state index contributed by atoms with van der Waals surface area (Å²) < 4.78 is 0. The van der Waals surface area contributed by atoms with Gasteiger partial charge in [-0.1, -0.05) is 30.3 Å². The number of rotatable bonds is 2. The first-order valence-corrected chi connectivity index (χ1v) is 6.63. The highest BCUT2D eigenvalue weighted by Gasteiger charge is 2.37. The Kier molecular flexibility index (Phi) is 6.31. The molecule has 0 N–H and O–H groups in total. The summed E-state index contributed by atoms with van der Waals surface area (Å²) in [6.45, 7) is 0. The number of aliphatic imine (C=N–C) groups is 1. The van der Waals surface area contributed by atoms with Gasteiger partial charge >= 0.3 is 0 Å². The third-order valence-electron chi connectivity index (χ3n) is 4.31. The summed E-state index contributed by atoms with van der Waals surface area (Å²) in [5.74, 6) is 0. The van der Waals surface area contributed by atoms with Crippen LogP contribution in [0.4, 0.5) is 0 Å². The maximum absolute atomic E-state index is 4.78. The molecule has 0 amide bonds. The van der Waals surface area contributed by atoms with Crippen LogP contribution in [0.15, 0.2) is 35.3 Å². The zero-order chi connectivity index (χ0) is 11.7. The van der Waals surface area contributed by atoms with E-state index >= 15 is 0 Å². The van der Waals surface area contributed by atoms with Crippen LogP contribution in [-0.4, -0.2) is 36.3 Å². The van der Waals surface area contributed by atoms with Gasteiger partial charge in [0, 0.05) is 18.3 Å². The van der Waals surface area contributed by atoms with Gasteiger partial charge in [-0.3, -0.25) is 4.99 Å². The van der Waals surface area contributed by atoms with E-state index < -0.39 is 0 Å². The van der Waals surface area contributed by atoms with Crippen molar-refractivity contribution in [1.82, 2.24) is 4.90 Å². The van der Waals surface area contributed by atoms with E-state index in [1.165, 1.54) is 31.2 Å². The zero-order valence-electron chi connectivity index (χ0n) is 11.2. The van der Waals surface area contributed by atoms with E-state index in [9.17, 15) is 0 Å². The Morgan fingerprint density at radius 1 is 1.05 bits per heavy atom. The second-order valence-electron chi connectivity index (χ2n) is 5.36. The molecule has 2 aliphatic heterocycles. The normalized spacial score (nSPS) is 29.8. The first kappa shape index (κ1) is 16.5. The molecule has 106 valence electrons. The summed E-state index contributed by atoms with van der Waals surface area (Å²) >= 11 is 0. The summed E-state index contributed by atoms with van der Waals surface area (Å²) in [5.41, 5.74) is 1.22.